The molecule has 0 heterocycles. The normalized spacial score (nSPS) is 11.9. The zero-order valence-electron chi connectivity index (χ0n) is 16.0. The van der Waals surface area contributed by atoms with Gasteiger partial charge in [-0.05, 0) is 25.7 Å². The highest BCUT2D eigenvalue weighted by Gasteiger charge is 2.25. The molecule has 0 aliphatic heterocycles. The Balaban J connectivity index is 3.04. The van der Waals surface area contributed by atoms with Crippen LogP contribution in [-0.4, -0.2) is 44.3 Å². The van der Waals surface area contributed by atoms with Gasteiger partial charge in [-0.1, -0.05) is 13.8 Å². The van der Waals surface area contributed by atoms with Crippen molar-refractivity contribution in [3.63, 3.8) is 0 Å². The number of hydrogen-bond acceptors (Lipinski definition) is 6. The Bertz CT molecular complexity index is 618. The quantitative estimate of drug-likeness (QED) is 0.366. The lowest BCUT2D eigenvalue weighted by Crippen LogP contribution is -2.33. The minimum atomic E-state index is -0.601. The minimum Gasteiger partial charge on any atom is -0.493 e. The molecule has 1 aromatic carbocycles. The Hall–Kier alpha value is -2.35. The lowest BCUT2D eigenvalue weighted by Gasteiger charge is -2.16. The lowest BCUT2D eigenvalue weighted by molar-refractivity contribution is -0.385. The Morgan fingerprint density at radius 2 is 1.85 bits per heavy atom. The molecule has 0 aliphatic carbocycles. The van der Waals surface area contributed by atoms with E-state index in [9.17, 15) is 14.9 Å². The number of methoxy groups -OCH3 is 2. The molecular formula is C18H28N2O6. The summed E-state index contributed by atoms with van der Waals surface area (Å²) in [5.74, 6) is 0.467. The van der Waals surface area contributed by atoms with Gasteiger partial charge in [0.25, 0.3) is 11.6 Å². The first-order chi connectivity index (χ1) is 12.3. The Morgan fingerprint density at radius 1 is 1.15 bits per heavy atom. The topological polar surface area (TPSA) is 99.9 Å². The lowest BCUT2D eigenvalue weighted by atomic mass is 10.0. The summed E-state index contributed by atoms with van der Waals surface area (Å²) in [6, 6.07) is 2.46. The predicted octanol–water partition coefficient (Wildman–Crippen LogP) is 3.18. The highest BCUT2D eigenvalue weighted by molar-refractivity contribution is 5.99. The molecule has 8 nitrogen and oxygen atoms in total. The second-order valence-electron chi connectivity index (χ2n) is 6.46. The van der Waals surface area contributed by atoms with E-state index in [2.05, 4.69) is 19.2 Å². The molecule has 0 spiro atoms. The van der Waals surface area contributed by atoms with Crippen LogP contribution in [0.4, 0.5) is 5.69 Å². The van der Waals surface area contributed by atoms with Crippen molar-refractivity contribution in [3.8, 4) is 11.5 Å². The third-order valence-electron chi connectivity index (χ3n) is 3.82. The van der Waals surface area contributed by atoms with E-state index in [0.29, 0.717) is 12.5 Å². The summed E-state index contributed by atoms with van der Waals surface area (Å²) in [4.78, 5) is 23.3. The van der Waals surface area contributed by atoms with Gasteiger partial charge in [0, 0.05) is 19.2 Å². The summed E-state index contributed by atoms with van der Waals surface area (Å²) in [6.07, 6.45) is 1.76. The van der Waals surface area contributed by atoms with E-state index in [-0.39, 0.29) is 35.4 Å². The Morgan fingerprint density at radius 3 is 2.38 bits per heavy atom. The number of nitro groups is 1. The summed E-state index contributed by atoms with van der Waals surface area (Å²) in [5, 5.41) is 14.2. The molecule has 1 unspecified atom stereocenters. The summed E-state index contributed by atoms with van der Waals surface area (Å²) in [6.45, 7) is 6.62. The van der Waals surface area contributed by atoms with E-state index in [4.69, 9.17) is 14.2 Å². The molecule has 26 heavy (non-hydrogen) atoms. The van der Waals surface area contributed by atoms with Crippen molar-refractivity contribution < 1.29 is 23.9 Å². The second-order valence-corrected chi connectivity index (χ2v) is 6.46. The van der Waals surface area contributed by atoms with Gasteiger partial charge >= 0.3 is 0 Å². The number of nitrogens with one attached hydrogen (secondary N) is 1. The van der Waals surface area contributed by atoms with Crippen molar-refractivity contribution in [2.75, 3.05) is 27.4 Å². The molecule has 0 saturated carbocycles. The molecule has 1 atom stereocenters. The van der Waals surface area contributed by atoms with Crippen LogP contribution in [0.3, 0.4) is 0 Å². The highest BCUT2D eigenvalue weighted by Crippen LogP contribution is 2.34. The van der Waals surface area contributed by atoms with Crippen LogP contribution in [0.5, 0.6) is 11.5 Å². The molecule has 8 heteroatoms. The van der Waals surface area contributed by atoms with Crippen LogP contribution in [-0.2, 0) is 4.74 Å². The molecular weight excluding hydrogens is 340 g/mol. The minimum absolute atomic E-state index is 0.0534. The van der Waals surface area contributed by atoms with E-state index in [1.54, 1.807) is 0 Å². The first-order valence-electron chi connectivity index (χ1n) is 8.59. The number of carbonyl (C=O) groups excluding carboxylic acids is 1. The number of nitrogens with zero attached hydrogens (tertiary/aromatic N) is 1. The van der Waals surface area contributed by atoms with Crippen molar-refractivity contribution in [2.45, 2.75) is 39.7 Å². The zero-order valence-corrected chi connectivity index (χ0v) is 16.0. The smallest absolute Gasteiger partial charge is 0.286 e. The highest BCUT2D eigenvalue weighted by atomic mass is 16.6. The first-order valence-corrected chi connectivity index (χ1v) is 8.59. The van der Waals surface area contributed by atoms with Gasteiger partial charge in [0.15, 0.2) is 11.5 Å². The van der Waals surface area contributed by atoms with Gasteiger partial charge in [0.05, 0.1) is 24.7 Å². The van der Waals surface area contributed by atoms with Crippen molar-refractivity contribution in [2.24, 2.45) is 5.92 Å². The monoisotopic (exact) mass is 368 g/mol. The summed E-state index contributed by atoms with van der Waals surface area (Å²) < 4.78 is 15.6. The van der Waals surface area contributed by atoms with Gasteiger partial charge in [0.2, 0.25) is 0 Å². The van der Waals surface area contributed by atoms with Crippen LogP contribution < -0.4 is 14.8 Å². The van der Waals surface area contributed by atoms with Gasteiger partial charge in [-0.2, -0.15) is 0 Å². The average Bonchev–Trinajstić information content (AvgIpc) is 2.59. The predicted molar refractivity (Wildman–Crippen MR) is 98.0 cm³/mol. The first kappa shape index (κ1) is 21.7. The second kappa shape index (κ2) is 10.6. The van der Waals surface area contributed by atoms with Crippen LogP contribution in [0, 0.1) is 16.0 Å². The van der Waals surface area contributed by atoms with Crippen LogP contribution in [0.15, 0.2) is 12.1 Å². The summed E-state index contributed by atoms with van der Waals surface area (Å²) >= 11 is 0. The van der Waals surface area contributed by atoms with Crippen LogP contribution in [0.25, 0.3) is 0 Å². The Labute approximate surface area is 154 Å². The van der Waals surface area contributed by atoms with Gasteiger partial charge in [-0.25, -0.2) is 0 Å². The van der Waals surface area contributed by atoms with Crippen molar-refractivity contribution in [3.05, 3.63) is 27.8 Å². The fourth-order valence-corrected chi connectivity index (χ4v) is 2.35. The molecule has 1 N–H and O–H groups in total. The van der Waals surface area contributed by atoms with E-state index < -0.39 is 10.8 Å². The number of ether oxygens (including phenoxy) is 3. The molecule has 0 aliphatic rings. The molecule has 0 aromatic heterocycles. The number of rotatable bonds is 11. The van der Waals surface area contributed by atoms with Crippen LogP contribution in [0.1, 0.15) is 44.0 Å². The van der Waals surface area contributed by atoms with E-state index in [1.165, 1.54) is 26.4 Å². The zero-order chi connectivity index (χ0) is 19.7. The van der Waals surface area contributed by atoms with Gasteiger partial charge in [0.1, 0.15) is 12.2 Å². The van der Waals surface area contributed by atoms with Gasteiger partial charge < -0.3 is 19.5 Å². The fraction of sp³-hybridized carbons (Fsp3) is 0.611. The molecule has 1 rings (SSSR count). The number of benzene rings is 1. The van der Waals surface area contributed by atoms with E-state index in [0.717, 1.165) is 12.8 Å². The third-order valence-corrected chi connectivity index (χ3v) is 3.82. The maximum Gasteiger partial charge on any atom is 0.286 e. The third kappa shape index (κ3) is 6.51. The Kier molecular flexibility index (Phi) is 8.84. The van der Waals surface area contributed by atoms with Gasteiger partial charge in [-0.15, -0.1) is 0 Å². The van der Waals surface area contributed by atoms with Crippen LogP contribution in [0.2, 0.25) is 0 Å². The van der Waals surface area contributed by atoms with Crippen molar-refractivity contribution in [1.29, 1.82) is 0 Å². The van der Waals surface area contributed by atoms with Crippen LogP contribution >= 0.6 is 0 Å². The average molecular weight is 368 g/mol. The number of hydrogen-bond donors (Lipinski definition) is 1. The largest absolute Gasteiger partial charge is 0.493 e. The van der Waals surface area contributed by atoms with Crippen molar-refractivity contribution >= 4 is 11.6 Å². The molecule has 0 fully saturated rings. The van der Waals surface area contributed by atoms with Gasteiger partial charge in [-0.3, -0.25) is 14.9 Å². The number of carbonyl (C=O) groups is 1. The maximum absolute atomic E-state index is 12.5. The summed E-state index contributed by atoms with van der Waals surface area (Å²) in [7, 11) is 2.94. The molecule has 0 radical (unpaired) electrons. The molecule has 1 amide bonds. The maximum atomic E-state index is 12.5. The standard InChI is InChI=1S/C18H28N2O6/c1-12(2)6-7-13(3)19-18(21)14-10-16(25-5)17(26-9-8-24-4)11-15(14)20(22)23/h10-13H,6-9H2,1-5H3,(H,19,21). The van der Waals surface area contributed by atoms with E-state index in [1.807, 2.05) is 6.92 Å². The van der Waals surface area contributed by atoms with Crippen molar-refractivity contribution in [1.82, 2.24) is 5.32 Å². The molecule has 0 bridgehead atoms. The number of nitro benzene ring substituents is 1. The molecule has 146 valence electrons. The molecule has 0 saturated heterocycles. The number of amides is 1. The fourth-order valence-electron chi connectivity index (χ4n) is 2.35. The molecule has 1 aromatic rings. The van der Waals surface area contributed by atoms with E-state index >= 15 is 0 Å². The SMILES string of the molecule is COCCOc1cc([N+](=O)[O-])c(C(=O)NC(C)CCC(C)C)cc1OC. The summed E-state index contributed by atoms with van der Waals surface area (Å²) in [5.41, 5.74) is -0.380.